The van der Waals surface area contributed by atoms with Crippen LogP contribution in [-0.4, -0.2) is 19.7 Å². The van der Waals surface area contributed by atoms with Gasteiger partial charge in [-0.15, -0.1) is 0 Å². The molecule has 1 aromatic carbocycles. The molecule has 0 bridgehead atoms. The minimum Gasteiger partial charge on any atom is -0.399 e. The molecule has 0 amide bonds. The van der Waals surface area contributed by atoms with Crippen molar-refractivity contribution in [3.8, 4) is 0 Å². The molecule has 6 heteroatoms. The van der Waals surface area contributed by atoms with E-state index in [1.807, 2.05) is 13.1 Å². The molecule has 1 heterocycles. The van der Waals surface area contributed by atoms with Gasteiger partial charge in [0, 0.05) is 36.8 Å². The molecule has 0 aliphatic heterocycles. The highest BCUT2D eigenvalue weighted by Crippen LogP contribution is 2.22. The van der Waals surface area contributed by atoms with E-state index in [2.05, 4.69) is 5.10 Å². The first-order chi connectivity index (χ1) is 8.58. The number of aryl methyl sites for hydroxylation is 2. The van der Waals surface area contributed by atoms with Gasteiger partial charge in [-0.3, -0.25) is 8.89 Å². The van der Waals surface area contributed by atoms with Gasteiger partial charge in [-0.1, -0.05) is 11.6 Å². The fourth-order valence-electron chi connectivity index (χ4n) is 1.65. The van der Waals surface area contributed by atoms with Gasteiger partial charge in [0.25, 0.3) is 0 Å². The first kappa shape index (κ1) is 13.1. The predicted molar refractivity (Wildman–Crippen MR) is 74.1 cm³/mol. The quantitative estimate of drug-likeness (QED) is 0.873. The molecule has 4 nitrogen and oxygen atoms in total. The summed E-state index contributed by atoms with van der Waals surface area (Å²) in [4.78, 5) is 0.596. The van der Waals surface area contributed by atoms with Crippen LogP contribution in [0.4, 0.5) is 5.69 Å². The average Bonchev–Trinajstić information content (AvgIpc) is 2.75. The molecule has 1 aromatic heterocycles. The third kappa shape index (κ3) is 2.91. The monoisotopic (exact) mass is 283 g/mol. The third-order valence-electron chi connectivity index (χ3n) is 2.67. The molecule has 18 heavy (non-hydrogen) atoms. The maximum absolute atomic E-state index is 12.2. The lowest BCUT2D eigenvalue weighted by atomic mass is 10.3. The van der Waals surface area contributed by atoms with Crippen molar-refractivity contribution < 1.29 is 4.21 Å². The second-order valence-corrected chi connectivity index (χ2v) is 5.88. The minimum atomic E-state index is -1.15. The highest BCUT2D eigenvalue weighted by atomic mass is 35.5. The van der Waals surface area contributed by atoms with Crippen LogP contribution in [0.3, 0.4) is 0 Å². The standard InChI is InChI=1S/C12H14ClN3OS/c1-16-10(4-6-15-16)5-7-18(17)12-8-9(14)2-3-11(12)13/h2-4,6,8H,5,7,14H2,1H3. The summed E-state index contributed by atoms with van der Waals surface area (Å²) in [7, 11) is 0.716. The van der Waals surface area contributed by atoms with E-state index >= 15 is 0 Å². The summed E-state index contributed by atoms with van der Waals surface area (Å²) in [6.45, 7) is 0. The van der Waals surface area contributed by atoms with Crippen molar-refractivity contribution in [2.75, 3.05) is 11.5 Å². The maximum Gasteiger partial charge on any atom is 0.0594 e. The summed E-state index contributed by atoms with van der Waals surface area (Å²) in [5.74, 6) is 0.503. The molecule has 0 spiro atoms. The van der Waals surface area contributed by atoms with Crippen LogP contribution in [0.1, 0.15) is 5.69 Å². The van der Waals surface area contributed by atoms with Gasteiger partial charge in [0.15, 0.2) is 0 Å². The second-order valence-electron chi connectivity index (χ2n) is 3.94. The van der Waals surface area contributed by atoms with Crippen LogP contribution in [0.15, 0.2) is 35.4 Å². The number of nitrogen functional groups attached to an aromatic ring is 1. The van der Waals surface area contributed by atoms with E-state index in [4.69, 9.17) is 17.3 Å². The lowest BCUT2D eigenvalue weighted by molar-refractivity contribution is 0.678. The lowest BCUT2D eigenvalue weighted by Gasteiger charge is -2.06. The van der Waals surface area contributed by atoms with Gasteiger partial charge >= 0.3 is 0 Å². The molecule has 1 unspecified atom stereocenters. The predicted octanol–water partition coefficient (Wildman–Crippen LogP) is 2.01. The number of hydrogen-bond acceptors (Lipinski definition) is 3. The zero-order chi connectivity index (χ0) is 13.1. The summed E-state index contributed by atoms with van der Waals surface area (Å²) in [6, 6.07) is 6.96. The van der Waals surface area contributed by atoms with E-state index < -0.39 is 10.8 Å². The molecular formula is C12H14ClN3OS. The minimum absolute atomic E-state index is 0.493. The Morgan fingerprint density at radius 1 is 1.44 bits per heavy atom. The van der Waals surface area contributed by atoms with E-state index in [0.29, 0.717) is 27.8 Å². The van der Waals surface area contributed by atoms with Crippen LogP contribution in [-0.2, 0) is 24.3 Å². The first-order valence-electron chi connectivity index (χ1n) is 5.48. The van der Waals surface area contributed by atoms with E-state index in [-0.39, 0.29) is 0 Å². The lowest BCUT2D eigenvalue weighted by Crippen LogP contribution is -2.06. The first-order valence-corrected chi connectivity index (χ1v) is 7.18. The zero-order valence-corrected chi connectivity index (χ0v) is 11.5. The molecule has 2 rings (SSSR count). The summed E-state index contributed by atoms with van der Waals surface area (Å²) in [5, 5.41) is 4.56. The average molecular weight is 284 g/mol. The van der Waals surface area contributed by atoms with E-state index in [0.717, 1.165) is 5.69 Å². The van der Waals surface area contributed by atoms with E-state index in [1.165, 1.54) is 0 Å². The normalized spacial score (nSPS) is 12.6. The number of anilines is 1. The van der Waals surface area contributed by atoms with Gasteiger partial charge in [-0.25, -0.2) is 0 Å². The molecule has 0 saturated carbocycles. The van der Waals surface area contributed by atoms with Crippen molar-refractivity contribution in [1.82, 2.24) is 9.78 Å². The summed E-state index contributed by atoms with van der Waals surface area (Å²) in [5.41, 5.74) is 7.29. The number of benzene rings is 1. The van der Waals surface area contributed by atoms with Crippen LogP contribution in [0.25, 0.3) is 0 Å². The Balaban J connectivity index is 2.08. The van der Waals surface area contributed by atoms with Gasteiger partial charge in [0.05, 0.1) is 20.7 Å². The van der Waals surface area contributed by atoms with Crippen molar-refractivity contribution in [2.24, 2.45) is 7.05 Å². The largest absolute Gasteiger partial charge is 0.399 e. The molecule has 96 valence electrons. The van der Waals surface area contributed by atoms with Crippen LogP contribution in [0, 0.1) is 0 Å². The summed E-state index contributed by atoms with van der Waals surface area (Å²) < 4.78 is 13.9. The van der Waals surface area contributed by atoms with Crippen LogP contribution >= 0.6 is 11.6 Å². The molecule has 1 atom stereocenters. The van der Waals surface area contributed by atoms with Crippen LogP contribution in [0.5, 0.6) is 0 Å². The molecule has 0 radical (unpaired) electrons. The number of nitrogens with two attached hydrogens (primary N) is 1. The number of nitrogens with zero attached hydrogens (tertiary/aromatic N) is 2. The van der Waals surface area contributed by atoms with Crippen LogP contribution in [0.2, 0.25) is 5.02 Å². The van der Waals surface area contributed by atoms with E-state index in [9.17, 15) is 4.21 Å². The highest BCUT2D eigenvalue weighted by molar-refractivity contribution is 7.85. The fraction of sp³-hybridized carbons (Fsp3) is 0.250. The van der Waals surface area contributed by atoms with Gasteiger partial charge in [-0.2, -0.15) is 5.10 Å². The Morgan fingerprint density at radius 2 is 2.22 bits per heavy atom. The number of rotatable bonds is 4. The molecule has 0 fully saturated rings. The summed E-state index contributed by atoms with van der Waals surface area (Å²) in [6.07, 6.45) is 2.42. The van der Waals surface area contributed by atoms with Crippen LogP contribution < -0.4 is 5.73 Å². The molecule has 0 aliphatic carbocycles. The van der Waals surface area contributed by atoms with Gasteiger partial charge in [0.1, 0.15) is 0 Å². The number of halogens is 1. The van der Waals surface area contributed by atoms with Crippen molar-refractivity contribution in [3.05, 3.63) is 41.2 Å². The topological polar surface area (TPSA) is 60.9 Å². The van der Waals surface area contributed by atoms with Crippen molar-refractivity contribution in [1.29, 1.82) is 0 Å². The Bertz CT molecular complexity index is 582. The Morgan fingerprint density at radius 3 is 2.89 bits per heavy atom. The Labute approximate surface area is 113 Å². The van der Waals surface area contributed by atoms with Gasteiger partial charge in [-0.05, 0) is 24.3 Å². The van der Waals surface area contributed by atoms with Crippen molar-refractivity contribution in [2.45, 2.75) is 11.3 Å². The number of hydrogen-bond donors (Lipinski definition) is 1. The molecule has 2 N–H and O–H groups in total. The fourth-order valence-corrected chi connectivity index (χ4v) is 3.19. The maximum atomic E-state index is 12.2. The summed E-state index contributed by atoms with van der Waals surface area (Å²) >= 11 is 6.02. The number of aromatic nitrogens is 2. The molecular weight excluding hydrogens is 270 g/mol. The highest BCUT2D eigenvalue weighted by Gasteiger charge is 2.10. The van der Waals surface area contributed by atoms with E-state index in [1.54, 1.807) is 29.1 Å². The zero-order valence-electron chi connectivity index (χ0n) is 9.97. The second kappa shape index (κ2) is 5.54. The van der Waals surface area contributed by atoms with Crippen molar-refractivity contribution >= 4 is 28.1 Å². The van der Waals surface area contributed by atoms with Gasteiger partial charge in [0.2, 0.25) is 0 Å². The smallest absolute Gasteiger partial charge is 0.0594 e. The Hall–Kier alpha value is -1.33. The SMILES string of the molecule is Cn1nccc1CCS(=O)c1cc(N)ccc1Cl. The molecule has 2 aromatic rings. The Kier molecular flexibility index (Phi) is 4.04. The molecule has 0 saturated heterocycles. The molecule has 0 aliphatic rings. The third-order valence-corrected chi connectivity index (χ3v) is 4.51. The van der Waals surface area contributed by atoms with Crippen molar-refractivity contribution in [3.63, 3.8) is 0 Å². The van der Waals surface area contributed by atoms with Gasteiger partial charge < -0.3 is 5.73 Å².